The summed E-state index contributed by atoms with van der Waals surface area (Å²) in [5.74, 6) is 0.476. The van der Waals surface area contributed by atoms with Gasteiger partial charge in [-0.1, -0.05) is 18.2 Å². The SMILES string of the molecule is COC(=O)c1oc([C@H](C)N(C)[C@H]2CCCN(c3ccccc3)C2=O)cc1C. The third-order valence-corrected chi connectivity index (χ3v) is 5.30. The number of methoxy groups -OCH3 is 1. The number of carbonyl (C=O) groups excluding carboxylic acids is 2. The van der Waals surface area contributed by atoms with Gasteiger partial charge in [0.25, 0.3) is 0 Å². The Hall–Kier alpha value is -2.60. The van der Waals surface area contributed by atoms with Crippen LogP contribution < -0.4 is 4.90 Å². The Kier molecular flexibility index (Phi) is 5.65. The lowest BCUT2D eigenvalue weighted by molar-refractivity contribution is -0.125. The fraction of sp³-hybridized carbons (Fsp3) is 0.429. The molecule has 2 aromatic rings. The maximum absolute atomic E-state index is 13.1. The highest BCUT2D eigenvalue weighted by Gasteiger charge is 2.35. The number of nitrogens with zero attached hydrogens (tertiary/aromatic N) is 2. The number of esters is 1. The standard InChI is InChI=1S/C21H26N2O4/c1-14-13-18(27-19(14)21(25)26-4)15(2)22(3)17-11-8-12-23(20(17)24)16-9-6-5-7-10-16/h5-7,9-10,13,15,17H,8,11-12H2,1-4H3/t15-,17-/m0/s1. The number of benzene rings is 1. The Labute approximate surface area is 159 Å². The maximum Gasteiger partial charge on any atom is 0.374 e. The van der Waals surface area contributed by atoms with E-state index in [-0.39, 0.29) is 23.8 Å². The van der Waals surface area contributed by atoms with Gasteiger partial charge in [0.15, 0.2) is 0 Å². The number of hydrogen-bond acceptors (Lipinski definition) is 5. The molecule has 1 fully saturated rings. The summed E-state index contributed by atoms with van der Waals surface area (Å²) in [4.78, 5) is 28.8. The molecule has 0 unspecified atom stereocenters. The molecule has 2 atom stereocenters. The fourth-order valence-electron chi connectivity index (χ4n) is 3.58. The number of ether oxygens (including phenoxy) is 1. The highest BCUT2D eigenvalue weighted by Crippen LogP contribution is 2.30. The monoisotopic (exact) mass is 370 g/mol. The first-order chi connectivity index (χ1) is 12.9. The summed E-state index contributed by atoms with van der Waals surface area (Å²) in [6.45, 7) is 4.52. The Balaban J connectivity index is 1.79. The fourth-order valence-corrected chi connectivity index (χ4v) is 3.58. The molecule has 1 amide bonds. The van der Waals surface area contributed by atoms with Gasteiger partial charge in [-0.05, 0) is 51.9 Å². The second-order valence-corrected chi connectivity index (χ2v) is 6.98. The smallest absolute Gasteiger partial charge is 0.374 e. The molecule has 3 rings (SSSR count). The van der Waals surface area contributed by atoms with E-state index in [2.05, 4.69) is 0 Å². The van der Waals surface area contributed by atoms with Crippen LogP contribution in [0.4, 0.5) is 5.69 Å². The summed E-state index contributed by atoms with van der Waals surface area (Å²) in [5, 5.41) is 0. The van der Waals surface area contributed by atoms with Crippen LogP contribution in [0.2, 0.25) is 0 Å². The molecule has 6 heteroatoms. The van der Waals surface area contributed by atoms with Gasteiger partial charge >= 0.3 is 5.97 Å². The Morgan fingerprint density at radius 2 is 2.04 bits per heavy atom. The largest absolute Gasteiger partial charge is 0.463 e. The number of piperidine rings is 1. The second-order valence-electron chi connectivity index (χ2n) is 6.98. The molecule has 0 saturated carbocycles. The Morgan fingerprint density at radius 1 is 1.33 bits per heavy atom. The van der Waals surface area contributed by atoms with Crippen molar-refractivity contribution in [2.24, 2.45) is 0 Å². The van der Waals surface area contributed by atoms with Crippen LogP contribution in [0.5, 0.6) is 0 Å². The lowest BCUT2D eigenvalue weighted by Gasteiger charge is -2.38. The van der Waals surface area contributed by atoms with Crippen molar-refractivity contribution in [3.05, 3.63) is 53.5 Å². The summed E-state index contributed by atoms with van der Waals surface area (Å²) in [5.41, 5.74) is 1.66. The normalized spacial score (nSPS) is 18.6. The van der Waals surface area contributed by atoms with Crippen molar-refractivity contribution in [1.29, 1.82) is 0 Å². The minimum Gasteiger partial charge on any atom is -0.463 e. The number of hydrogen-bond donors (Lipinski definition) is 0. The first-order valence-electron chi connectivity index (χ1n) is 9.21. The van der Waals surface area contributed by atoms with Crippen LogP contribution >= 0.6 is 0 Å². The lowest BCUT2D eigenvalue weighted by atomic mass is 10.0. The van der Waals surface area contributed by atoms with E-state index < -0.39 is 5.97 Å². The molecule has 0 radical (unpaired) electrons. The summed E-state index contributed by atoms with van der Waals surface area (Å²) in [7, 11) is 3.26. The number of amides is 1. The maximum atomic E-state index is 13.1. The molecule has 0 aliphatic carbocycles. The lowest BCUT2D eigenvalue weighted by Crippen LogP contribution is -2.52. The average Bonchev–Trinajstić information content (AvgIpc) is 3.08. The Morgan fingerprint density at radius 3 is 2.70 bits per heavy atom. The number of para-hydroxylation sites is 1. The minimum absolute atomic E-state index is 0.0956. The molecule has 0 bridgehead atoms. The second kappa shape index (κ2) is 7.96. The molecule has 1 aromatic heterocycles. The van der Waals surface area contributed by atoms with E-state index in [1.807, 2.05) is 67.1 Å². The van der Waals surface area contributed by atoms with Gasteiger partial charge in [0.1, 0.15) is 5.76 Å². The Bertz CT molecular complexity index is 815. The molecule has 1 saturated heterocycles. The van der Waals surface area contributed by atoms with E-state index in [4.69, 9.17) is 9.15 Å². The molecule has 6 nitrogen and oxygen atoms in total. The summed E-state index contributed by atoms with van der Waals surface area (Å²) in [6, 6.07) is 11.2. The van der Waals surface area contributed by atoms with E-state index in [9.17, 15) is 9.59 Å². The predicted molar refractivity (Wildman–Crippen MR) is 103 cm³/mol. The number of likely N-dealkylation sites (N-methyl/N-ethyl adjacent to an activating group) is 1. The van der Waals surface area contributed by atoms with Gasteiger partial charge in [0, 0.05) is 17.8 Å². The third-order valence-electron chi connectivity index (χ3n) is 5.30. The molecule has 1 aliphatic rings. The van der Waals surface area contributed by atoms with Crippen molar-refractivity contribution in [3.8, 4) is 0 Å². The van der Waals surface area contributed by atoms with Crippen molar-refractivity contribution in [3.63, 3.8) is 0 Å². The topological polar surface area (TPSA) is 63.0 Å². The van der Waals surface area contributed by atoms with Crippen LogP contribution in [-0.2, 0) is 9.53 Å². The van der Waals surface area contributed by atoms with Crippen molar-refractivity contribution >= 4 is 17.6 Å². The van der Waals surface area contributed by atoms with Crippen LogP contribution in [-0.4, -0.2) is 43.5 Å². The number of furan rings is 1. The van der Waals surface area contributed by atoms with Crippen molar-refractivity contribution in [2.75, 3.05) is 25.6 Å². The van der Waals surface area contributed by atoms with Crippen molar-refractivity contribution < 1.29 is 18.7 Å². The van der Waals surface area contributed by atoms with Crippen LogP contribution in [0, 0.1) is 6.92 Å². The average molecular weight is 370 g/mol. The summed E-state index contributed by atoms with van der Waals surface area (Å²) >= 11 is 0. The zero-order valence-corrected chi connectivity index (χ0v) is 16.3. The molecule has 0 spiro atoms. The van der Waals surface area contributed by atoms with E-state index in [1.54, 1.807) is 0 Å². The van der Waals surface area contributed by atoms with Crippen LogP contribution in [0.25, 0.3) is 0 Å². The van der Waals surface area contributed by atoms with E-state index in [0.29, 0.717) is 5.76 Å². The first-order valence-corrected chi connectivity index (χ1v) is 9.21. The van der Waals surface area contributed by atoms with Crippen LogP contribution in [0.15, 0.2) is 40.8 Å². The number of aryl methyl sites for hydroxylation is 1. The quantitative estimate of drug-likeness (QED) is 0.753. The predicted octanol–water partition coefficient (Wildman–Crippen LogP) is 3.56. The highest BCUT2D eigenvalue weighted by atomic mass is 16.5. The summed E-state index contributed by atoms with van der Waals surface area (Å²) < 4.78 is 10.5. The molecule has 0 N–H and O–H groups in total. The van der Waals surface area contributed by atoms with Gasteiger partial charge in [0.05, 0.1) is 19.2 Å². The number of carbonyl (C=O) groups is 2. The highest BCUT2D eigenvalue weighted by molar-refractivity contribution is 5.97. The van der Waals surface area contributed by atoms with Crippen LogP contribution in [0.1, 0.15) is 47.7 Å². The molecular formula is C21H26N2O4. The number of anilines is 1. The molecule has 144 valence electrons. The van der Waals surface area contributed by atoms with Crippen molar-refractivity contribution in [2.45, 2.75) is 38.8 Å². The van der Waals surface area contributed by atoms with Crippen LogP contribution in [0.3, 0.4) is 0 Å². The van der Waals surface area contributed by atoms with Gasteiger partial charge in [-0.15, -0.1) is 0 Å². The van der Waals surface area contributed by atoms with E-state index >= 15 is 0 Å². The van der Waals surface area contributed by atoms with E-state index in [1.165, 1.54) is 7.11 Å². The van der Waals surface area contributed by atoms with Gasteiger partial charge < -0.3 is 14.1 Å². The zero-order valence-electron chi connectivity index (χ0n) is 16.3. The zero-order chi connectivity index (χ0) is 19.6. The molecular weight excluding hydrogens is 344 g/mol. The number of rotatable bonds is 5. The van der Waals surface area contributed by atoms with Crippen molar-refractivity contribution in [1.82, 2.24) is 4.90 Å². The van der Waals surface area contributed by atoms with Gasteiger partial charge in [0.2, 0.25) is 11.7 Å². The minimum atomic E-state index is -0.488. The molecule has 27 heavy (non-hydrogen) atoms. The third kappa shape index (κ3) is 3.76. The van der Waals surface area contributed by atoms with E-state index in [0.717, 1.165) is 30.6 Å². The van der Waals surface area contributed by atoms with Gasteiger partial charge in [-0.2, -0.15) is 0 Å². The molecule has 2 heterocycles. The molecule has 1 aliphatic heterocycles. The molecule has 1 aromatic carbocycles. The van der Waals surface area contributed by atoms with Gasteiger partial charge in [-0.3, -0.25) is 9.69 Å². The summed E-state index contributed by atoms with van der Waals surface area (Å²) in [6.07, 6.45) is 1.74. The van der Waals surface area contributed by atoms with Gasteiger partial charge in [-0.25, -0.2) is 4.79 Å². The first kappa shape index (κ1) is 19.2.